The fraction of sp³-hybridized carbons (Fsp3) is 0.353. The van der Waals surface area contributed by atoms with E-state index in [1.807, 2.05) is 43.3 Å². The molecule has 2 unspecified atom stereocenters. The molecule has 3 N–H and O–H groups in total. The van der Waals surface area contributed by atoms with Crippen molar-refractivity contribution in [3.63, 3.8) is 0 Å². The van der Waals surface area contributed by atoms with E-state index in [9.17, 15) is 4.79 Å². The van der Waals surface area contributed by atoms with Gasteiger partial charge in [-0.1, -0.05) is 37.3 Å². The third-order valence-corrected chi connectivity index (χ3v) is 3.72. The van der Waals surface area contributed by atoms with Crippen LogP contribution in [0.15, 0.2) is 36.4 Å². The molecule has 0 radical (unpaired) electrons. The van der Waals surface area contributed by atoms with E-state index in [-0.39, 0.29) is 18.4 Å². The van der Waals surface area contributed by atoms with Crippen LogP contribution in [0.5, 0.6) is 5.75 Å². The summed E-state index contributed by atoms with van der Waals surface area (Å²) in [6, 6.07) is 11.7. The van der Waals surface area contributed by atoms with Crippen LogP contribution < -0.4 is 10.5 Å². The lowest BCUT2D eigenvalue weighted by atomic mass is 9.91. The van der Waals surface area contributed by atoms with Crippen LogP contribution in [0.1, 0.15) is 31.4 Å². The quantitative estimate of drug-likeness (QED) is 0.854. The molecule has 21 heavy (non-hydrogen) atoms. The molecular weight excluding hydrogens is 266 g/mol. The number of ether oxygens (including phenoxy) is 1. The van der Waals surface area contributed by atoms with Crippen molar-refractivity contribution >= 4 is 16.7 Å². The minimum Gasteiger partial charge on any atom is -0.496 e. The molecule has 2 aromatic rings. The number of hydrogen-bond donors (Lipinski definition) is 2. The van der Waals surface area contributed by atoms with Crippen molar-refractivity contribution in [1.82, 2.24) is 0 Å². The Labute approximate surface area is 124 Å². The third kappa shape index (κ3) is 3.52. The van der Waals surface area contributed by atoms with Gasteiger partial charge in [-0.2, -0.15) is 0 Å². The van der Waals surface area contributed by atoms with E-state index in [1.54, 1.807) is 7.11 Å². The molecule has 0 bridgehead atoms. The van der Waals surface area contributed by atoms with Gasteiger partial charge in [0.15, 0.2) is 0 Å². The highest BCUT2D eigenvalue weighted by molar-refractivity contribution is 5.91. The molecule has 0 aliphatic rings. The second kappa shape index (κ2) is 6.59. The van der Waals surface area contributed by atoms with Gasteiger partial charge < -0.3 is 15.6 Å². The van der Waals surface area contributed by atoms with Crippen LogP contribution in [-0.4, -0.2) is 18.2 Å². The van der Waals surface area contributed by atoms with Crippen LogP contribution in [0.3, 0.4) is 0 Å². The summed E-state index contributed by atoms with van der Waals surface area (Å²) in [6.07, 6.45) is 0.782. The Balaban J connectivity index is 2.31. The first kappa shape index (κ1) is 15.3. The summed E-state index contributed by atoms with van der Waals surface area (Å²) >= 11 is 0. The Kier molecular flexibility index (Phi) is 4.81. The van der Waals surface area contributed by atoms with Crippen LogP contribution >= 0.6 is 0 Å². The van der Waals surface area contributed by atoms with E-state index in [2.05, 4.69) is 0 Å². The van der Waals surface area contributed by atoms with Gasteiger partial charge in [-0.25, -0.2) is 0 Å². The Morgan fingerprint density at radius 3 is 2.52 bits per heavy atom. The number of carbonyl (C=O) groups is 1. The van der Waals surface area contributed by atoms with E-state index in [0.717, 1.165) is 22.1 Å². The van der Waals surface area contributed by atoms with Crippen molar-refractivity contribution in [2.75, 3.05) is 7.11 Å². The van der Waals surface area contributed by atoms with Crippen LogP contribution in [0.2, 0.25) is 0 Å². The van der Waals surface area contributed by atoms with E-state index >= 15 is 0 Å². The molecule has 0 heterocycles. The molecule has 0 amide bonds. The van der Waals surface area contributed by atoms with Crippen molar-refractivity contribution in [3.05, 3.63) is 42.0 Å². The second-order valence-corrected chi connectivity index (χ2v) is 5.45. The average Bonchev–Trinajstić information content (AvgIpc) is 2.44. The fourth-order valence-electron chi connectivity index (χ4n) is 2.74. The first-order chi connectivity index (χ1) is 10.0. The van der Waals surface area contributed by atoms with E-state index in [0.29, 0.717) is 6.42 Å². The standard InChI is InChI=1S/C17H21NO3/c1-11(10-17(19)20)9-15(18)13-7-8-16(21-2)14-6-4-3-5-12(13)14/h3-8,11,15H,9-10,18H2,1-2H3,(H,19,20). The molecule has 0 spiro atoms. The first-order valence-electron chi connectivity index (χ1n) is 7.06. The molecule has 4 heteroatoms. The highest BCUT2D eigenvalue weighted by atomic mass is 16.5. The van der Waals surface area contributed by atoms with Gasteiger partial charge in [-0.3, -0.25) is 4.79 Å². The lowest BCUT2D eigenvalue weighted by Gasteiger charge is -2.19. The number of benzene rings is 2. The van der Waals surface area contributed by atoms with Crippen molar-refractivity contribution < 1.29 is 14.6 Å². The number of aliphatic carboxylic acids is 1. The SMILES string of the molecule is COc1ccc(C(N)CC(C)CC(=O)O)c2ccccc12. The van der Waals surface area contributed by atoms with Crippen LogP contribution in [0.4, 0.5) is 0 Å². The molecule has 0 saturated carbocycles. The van der Waals surface area contributed by atoms with Crippen molar-refractivity contribution in [2.24, 2.45) is 11.7 Å². The maximum absolute atomic E-state index is 10.8. The number of rotatable bonds is 6. The van der Waals surface area contributed by atoms with Crippen molar-refractivity contribution in [2.45, 2.75) is 25.8 Å². The Morgan fingerprint density at radius 2 is 1.90 bits per heavy atom. The molecule has 0 aliphatic heterocycles. The van der Waals surface area contributed by atoms with E-state index < -0.39 is 5.97 Å². The average molecular weight is 287 g/mol. The molecule has 2 aromatic carbocycles. The molecule has 0 aliphatic carbocycles. The fourth-order valence-corrected chi connectivity index (χ4v) is 2.74. The summed E-state index contributed by atoms with van der Waals surface area (Å²) in [4.78, 5) is 10.8. The molecule has 2 rings (SSSR count). The minimum atomic E-state index is -0.783. The summed E-state index contributed by atoms with van der Waals surface area (Å²) in [5.74, 6) is 0.0767. The topological polar surface area (TPSA) is 72.5 Å². The van der Waals surface area contributed by atoms with E-state index in [4.69, 9.17) is 15.6 Å². The lowest BCUT2D eigenvalue weighted by Crippen LogP contribution is -2.16. The predicted molar refractivity (Wildman–Crippen MR) is 83.5 cm³/mol. The summed E-state index contributed by atoms with van der Waals surface area (Å²) in [5, 5.41) is 10.9. The zero-order valence-corrected chi connectivity index (χ0v) is 12.4. The van der Waals surface area contributed by atoms with E-state index in [1.165, 1.54) is 0 Å². The van der Waals surface area contributed by atoms with Gasteiger partial charge in [-0.05, 0) is 29.4 Å². The zero-order chi connectivity index (χ0) is 15.4. The summed E-state index contributed by atoms with van der Waals surface area (Å²) < 4.78 is 5.38. The minimum absolute atomic E-state index is 0.0402. The second-order valence-electron chi connectivity index (χ2n) is 5.45. The lowest BCUT2D eigenvalue weighted by molar-refractivity contribution is -0.138. The first-order valence-corrected chi connectivity index (χ1v) is 7.06. The van der Waals surface area contributed by atoms with Crippen LogP contribution in [-0.2, 0) is 4.79 Å². The molecule has 2 atom stereocenters. The summed E-state index contributed by atoms with van der Waals surface area (Å²) in [7, 11) is 1.65. The summed E-state index contributed by atoms with van der Waals surface area (Å²) in [5.41, 5.74) is 7.33. The van der Waals surface area contributed by atoms with Gasteiger partial charge >= 0.3 is 5.97 Å². The molecule has 4 nitrogen and oxygen atoms in total. The smallest absolute Gasteiger partial charge is 0.303 e. The van der Waals surface area contributed by atoms with Crippen LogP contribution in [0.25, 0.3) is 10.8 Å². The molecule has 0 saturated heterocycles. The normalized spacial score (nSPS) is 13.9. The monoisotopic (exact) mass is 287 g/mol. The molecular formula is C17H21NO3. The van der Waals surface area contributed by atoms with Crippen LogP contribution in [0, 0.1) is 5.92 Å². The molecule has 112 valence electrons. The number of carboxylic acids is 1. The summed E-state index contributed by atoms with van der Waals surface area (Å²) in [6.45, 7) is 1.92. The number of fused-ring (bicyclic) bond motifs is 1. The van der Waals surface area contributed by atoms with Gasteiger partial charge in [0.1, 0.15) is 5.75 Å². The Bertz CT molecular complexity index is 639. The van der Waals surface area contributed by atoms with Crippen molar-refractivity contribution in [3.8, 4) is 5.75 Å². The number of hydrogen-bond acceptors (Lipinski definition) is 3. The Hall–Kier alpha value is -2.07. The highest BCUT2D eigenvalue weighted by Gasteiger charge is 2.17. The number of carboxylic acid groups (broad SMARTS) is 1. The number of nitrogens with two attached hydrogens (primary N) is 1. The maximum atomic E-state index is 10.8. The molecule has 0 fully saturated rings. The largest absolute Gasteiger partial charge is 0.496 e. The van der Waals surface area contributed by atoms with Gasteiger partial charge in [0.25, 0.3) is 0 Å². The van der Waals surface area contributed by atoms with Gasteiger partial charge in [-0.15, -0.1) is 0 Å². The maximum Gasteiger partial charge on any atom is 0.303 e. The van der Waals surface area contributed by atoms with Gasteiger partial charge in [0.05, 0.1) is 7.11 Å². The predicted octanol–water partition coefficient (Wildman–Crippen LogP) is 3.35. The molecule has 0 aromatic heterocycles. The third-order valence-electron chi connectivity index (χ3n) is 3.72. The van der Waals surface area contributed by atoms with Crippen molar-refractivity contribution in [1.29, 1.82) is 0 Å². The van der Waals surface area contributed by atoms with Gasteiger partial charge in [0, 0.05) is 17.8 Å². The Morgan fingerprint density at radius 1 is 1.24 bits per heavy atom. The zero-order valence-electron chi connectivity index (χ0n) is 12.4. The van der Waals surface area contributed by atoms with Gasteiger partial charge in [0.2, 0.25) is 0 Å². The highest BCUT2D eigenvalue weighted by Crippen LogP contribution is 2.33. The number of methoxy groups -OCH3 is 1.